The maximum absolute atomic E-state index is 6.31. The van der Waals surface area contributed by atoms with Gasteiger partial charge in [0.25, 0.3) is 0 Å². The van der Waals surface area contributed by atoms with E-state index in [9.17, 15) is 0 Å². The summed E-state index contributed by atoms with van der Waals surface area (Å²) >= 11 is 0. The molecule has 0 atom stereocenters. The minimum absolute atomic E-state index is 0.474. The molecule has 30 heavy (non-hydrogen) atoms. The van der Waals surface area contributed by atoms with E-state index < -0.39 is 0 Å². The molecule has 0 amide bonds. The molecular formula is C27H23NO2. The van der Waals surface area contributed by atoms with E-state index in [1.807, 2.05) is 79.0 Å². The molecule has 0 saturated heterocycles. The second-order valence-electron chi connectivity index (χ2n) is 6.79. The minimum Gasteiger partial charge on any atom is -0.496 e. The number of hydrogen-bond donors (Lipinski definition) is 0. The fourth-order valence-corrected chi connectivity index (χ4v) is 3.27. The fourth-order valence-electron chi connectivity index (χ4n) is 3.27. The molecule has 0 heterocycles. The van der Waals surface area contributed by atoms with Gasteiger partial charge in [0.1, 0.15) is 18.0 Å². The number of hydrogen-bond acceptors (Lipinski definition) is 3. The summed E-state index contributed by atoms with van der Waals surface area (Å²) in [6.07, 6.45) is 1.82. The van der Waals surface area contributed by atoms with Crippen molar-refractivity contribution in [1.82, 2.24) is 0 Å². The maximum atomic E-state index is 6.31. The number of aliphatic imine (C=N–C) groups is 1. The number of nitrogens with zero attached hydrogens (tertiary/aromatic N) is 1. The van der Waals surface area contributed by atoms with Crippen LogP contribution < -0.4 is 9.47 Å². The van der Waals surface area contributed by atoms with E-state index in [2.05, 4.69) is 30.3 Å². The van der Waals surface area contributed by atoms with E-state index in [4.69, 9.17) is 14.5 Å². The third-order valence-electron chi connectivity index (χ3n) is 4.79. The van der Waals surface area contributed by atoms with Crippen LogP contribution in [-0.4, -0.2) is 13.3 Å². The van der Waals surface area contributed by atoms with Crippen LogP contribution >= 0.6 is 0 Å². The lowest BCUT2D eigenvalue weighted by atomic mass is 10.0. The SMILES string of the molecule is COc1ccccc1C=Nc1cccc(-c2ccccc2)c1OCc1ccccc1. The zero-order valence-corrected chi connectivity index (χ0v) is 16.9. The standard InChI is InChI=1S/C27H23NO2/c1-29-26-18-9-8-15-23(26)19-28-25-17-10-16-24(22-13-6-3-7-14-22)27(25)30-20-21-11-4-2-5-12-21/h2-19H,20H2,1H3. The van der Waals surface area contributed by atoms with Crippen molar-refractivity contribution in [3.05, 3.63) is 114 Å². The highest BCUT2D eigenvalue weighted by Gasteiger charge is 2.12. The molecule has 0 aromatic heterocycles. The predicted octanol–water partition coefficient (Wildman–Crippen LogP) is 6.69. The van der Waals surface area contributed by atoms with E-state index in [-0.39, 0.29) is 0 Å². The lowest BCUT2D eigenvalue weighted by Gasteiger charge is -2.14. The van der Waals surface area contributed by atoms with E-state index in [1.54, 1.807) is 7.11 Å². The largest absolute Gasteiger partial charge is 0.496 e. The van der Waals surface area contributed by atoms with E-state index >= 15 is 0 Å². The normalized spacial score (nSPS) is 10.8. The third-order valence-corrected chi connectivity index (χ3v) is 4.79. The molecule has 0 aliphatic rings. The van der Waals surface area contributed by atoms with Crippen molar-refractivity contribution in [3.63, 3.8) is 0 Å². The Hall–Kier alpha value is -3.85. The van der Waals surface area contributed by atoms with E-state index in [1.165, 1.54) is 0 Å². The monoisotopic (exact) mass is 393 g/mol. The Balaban J connectivity index is 1.72. The molecule has 4 aromatic carbocycles. The molecule has 4 aromatic rings. The fraction of sp³-hybridized carbons (Fsp3) is 0.0741. The molecule has 0 unspecified atom stereocenters. The van der Waals surface area contributed by atoms with Gasteiger partial charge in [-0.25, -0.2) is 0 Å². The first-order chi connectivity index (χ1) is 14.8. The molecule has 0 fully saturated rings. The van der Waals surface area contributed by atoms with Gasteiger partial charge < -0.3 is 9.47 Å². The van der Waals surface area contributed by atoms with Gasteiger partial charge in [0, 0.05) is 17.3 Å². The second-order valence-corrected chi connectivity index (χ2v) is 6.79. The lowest BCUT2D eigenvalue weighted by molar-refractivity contribution is 0.309. The Kier molecular flexibility index (Phi) is 6.21. The molecule has 0 aliphatic heterocycles. The molecule has 148 valence electrons. The van der Waals surface area contributed by atoms with Crippen LogP contribution in [0.5, 0.6) is 11.5 Å². The van der Waals surface area contributed by atoms with Crippen LogP contribution in [0.4, 0.5) is 5.69 Å². The first-order valence-corrected chi connectivity index (χ1v) is 9.87. The van der Waals surface area contributed by atoms with E-state index in [0.29, 0.717) is 6.61 Å². The Labute approximate surface area is 177 Å². The molecule has 0 aliphatic carbocycles. The molecular weight excluding hydrogens is 370 g/mol. The summed E-state index contributed by atoms with van der Waals surface area (Å²) in [6, 6.07) is 34.3. The van der Waals surface area contributed by atoms with Gasteiger partial charge in [-0.3, -0.25) is 4.99 Å². The quantitative estimate of drug-likeness (QED) is 0.327. The summed E-state index contributed by atoms with van der Waals surface area (Å²) in [5.41, 5.74) is 4.91. The Morgan fingerprint density at radius 1 is 0.733 bits per heavy atom. The summed E-state index contributed by atoms with van der Waals surface area (Å²) in [6.45, 7) is 0.474. The van der Waals surface area contributed by atoms with Crippen LogP contribution in [0.2, 0.25) is 0 Å². The maximum Gasteiger partial charge on any atom is 0.153 e. The average molecular weight is 393 g/mol. The van der Waals surface area contributed by atoms with Crippen molar-refractivity contribution in [2.45, 2.75) is 6.61 Å². The van der Waals surface area contributed by atoms with Crippen LogP contribution in [0.25, 0.3) is 11.1 Å². The molecule has 0 N–H and O–H groups in total. The molecule has 0 spiro atoms. The summed E-state index contributed by atoms with van der Waals surface area (Å²) < 4.78 is 11.7. The lowest BCUT2D eigenvalue weighted by Crippen LogP contribution is -1.97. The molecule has 3 nitrogen and oxygen atoms in total. The van der Waals surface area contributed by atoms with Gasteiger partial charge in [-0.05, 0) is 29.3 Å². The molecule has 4 rings (SSSR count). The zero-order valence-electron chi connectivity index (χ0n) is 16.9. The zero-order chi connectivity index (χ0) is 20.6. The molecule has 0 saturated carbocycles. The van der Waals surface area contributed by atoms with Gasteiger partial charge in [0.2, 0.25) is 0 Å². The summed E-state index contributed by atoms with van der Waals surface area (Å²) in [4.78, 5) is 4.75. The second kappa shape index (κ2) is 9.57. The van der Waals surface area contributed by atoms with Gasteiger partial charge in [0.05, 0.1) is 7.11 Å². The summed E-state index contributed by atoms with van der Waals surface area (Å²) in [7, 11) is 1.66. The van der Waals surface area contributed by atoms with Crippen LogP contribution in [0.15, 0.2) is 108 Å². The Bertz CT molecular complexity index is 1120. The number of benzene rings is 4. The van der Waals surface area contributed by atoms with Crippen LogP contribution in [0.3, 0.4) is 0 Å². The van der Waals surface area contributed by atoms with Crippen molar-refractivity contribution in [1.29, 1.82) is 0 Å². The van der Waals surface area contributed by atoms with Gasteiger partial charge in [-0.2, -0.15) is 0 Å². The molecule has 0 radical (unpaired) electrons. The first-order valence-electron chi connectivity index (χ1n) is 9.87. The van der Waals surface area contributed by atoms with Gasteiger partial charge in [0.15, 0.2) is 5.75 Å². The number of ether oxygens (including phenoxy) is 2. The highest BCUT2D eigenvalue weighted by atomic mass is 16.5. The Morgan fingerprint density at radius 3 is 2.20 bits per heavy atom. The number of methoxy groups -OCH3 is 1. The smallest absolute Gasteiger partial charge is 0.153 e. The van der Waals surface area contributed by atoms with Crippen molar-refractivity contribution in [2.75, 3.05) is 7.11 Å². The van der Waals surface area contributed by atoms with Crippen molar-refractivity contribution in [3.8, 4) is 22.6 Å². The number of para-hydroxylation sites is 2. The van der Waals surface area contributed by atoms with Crippen LogP contribution in [0.1, 0.15) is 11.1 Å². The topological polar surface area (TPSA) is 30.8 Å². The highest BCUT2D eigenvalue weighted by Crippen LogP contribution is 2.39. The summed E-state index contributed by atoms with van der Waals surface area (Å²) in [5, 5.41) is 0. The highest BCUT2D eigenvalue weighted by molar-refractivity contribution is 5.87. The van der Waals surface area contributed by atoms with Gasteiger partial charge in [-0.1, -0.05) is 84.9 Å². The van der Waals surface area contributed by atoms with Gasteiger partial charge in [-0.15, -0.1) is 0 Å². The first kappa shape index (κ1) is 19.5. The average Bonchev–Trinajstić information content (AvgIpc) is 2.83. The van der Waals surface area contributed by atoms with Gasteiger partial charge >= 0.3 is 0 Å². The molecule has 3 heteroatoms. The third kappa shape index (κ3) is 4.58. The van der Waals surface area contributed by atoms with Crippen LogP contribution in [0, 0.1) is 0 Å². The van der Waals surface area contributed by atoms with Crippen molar-refractivity contribution >= 4 is 11.9 Å². The molecule has 0 bridgehead atoms. The predicted molar refractivity (Wildman–Crippen MR) is 123 cm³/mol. The minimum atomic E-state index is 0.474. The van der Waals surface area contributed by atoms with Crippen molar-refractivity contribution < 1.29 is 9.47 Å². The van der Waals surface area contributed by atoms with Crippen molar-refractivity contribution in [2.24, 2.45) is 4.99 Å². The summed E-state index contributed by atoms with van der Waals surface area (Å²) in [5.74, 6) is 1.55. The number of rotatable bonds is 7. The van der Waals surface area contributed by atoms with Crippen LogP contribution in [-0.2, 0) is 6.61 Å². The van der Waals surface area contributed by atoms with E-state index in [0.717, 1.165) is 39.4 Å². The Morgan fingerprint density at radius 2 is 1.43 bits per heavy atom.